The lowest BCUT2D eigenvalue weighted by atomic mass is 10.2. The maximum atomic E-state index is 12.5. The van der Waals surface area contributed by atoms with Gasteiger partial charge in [-0.3, -0.25) is 9.59 Å². The second-order valence-electron chi connectivity index (χ2n) is 6.40. The fourth-order valence-corrected chi connectivity index (χ4v) is 2.74. The maximum Gasteiger partial charge on any atom is 0.259 e. The molecule has 146 valence electrons. The van der Waals surface area contributed by atoms with E-state index in [0.717, 1.165) is 12.0 Å². The highest BCUT2D eigenvalue weighted by Gasteiger charge is 2.13. The SMILES string of the molecule is CCCc1noc(-c2ccc(=O)n(CC(=O)Nc3cc(C)ccc3OC)c2)n1. The normalized spacial score (nSPS) is 10.7. The van der Waals surface area contributed by atoms with Gasteiger partial charge in [0.25, 0.3) is 11.4 Å². The molecule has 3 aromatic rings. The van der Waals surface area contributed by atoms with Gasteiger partial charge in [-0.15, -0.1) is 0 Å². The van der Waals surface area contributed by atoms with E-state index in [9.17, 15) is 9.59 Å². The number of nitrogens with zero attached hydrogens (tertiary/aromatic N) is 3. The summed E-state index contributed by atoms with van der Waals surface area (Å²) < 4.78 is 11.8. The molecule has 0 saturated carbocycles. The average Bonchev–Trinajstić information content (AvgIpc) is 3.13. The third kappa shape index (κ3) is 4.46. The van der Waals surface area contributed by atoms with Gasteiger partial charge in [-0.1, -0.05) is 18.1 Å². The van der Waals surface area contributed by atoms with Crippen molar-refractivity contribution in [3.63, 3.8) is 0 Å². The monoisotopic (exact) mass is 382 g/mol. The molecule has 8 heteroatoms. The van der Waals surface area contributed by atoms with Crippen molar-refractivity contribution in [3.05, 3.63) is 58.3 Å². The number of aromatic nitrogens is 3. The molecule has 0 fully saturated rings. The van der Waals surface area contributed by atoms with Crippen LogP contribution in [-0.2, 0) is 17.8 Å². The molecule has 0 radical (unpaired) electrons. The fraction of sp³-hybridized carbons (Fsp3) is 0.300. The van der Waals surface area contributed by atoms with Gasteiger partial charge < -0.3 is 19.1 Å². The standard InChI is InChI=1S/C20H22N4O4/c1-4-5-17-22-20(28-23-17)14-7-9-19(26)24(11-14)12-18(25)21-15-10-13(2)6-8-16(15)27-3/h6-11H,4-5,12H2,1-3H3,(H,21,25). The molecule has 0 bridgehead atoms. The van der Waals surface area contributed by atoms with Crippen LogP contribution in [0.2, 0.25) is 0 Å². The van der Waals surface area contributed by atoms with Crippen molar-refractivity contribution < 1.29 is 14.1 Å². The number of nitrogens with one attached hydrogen (secondary N) is 1. The highest BCUT2D eigenvalue weighted by atomic mass is 16.5. The van der Waals surface area contributed by atoms with E-state index in [2.05, 4.69) is 15.5 Å². The predicted molar refractivity (Wildman–Crippen MR) is 104 cm³/mol. The van der Waals surface area contributed by atoms with Gasteiger partial charge in [0.2, 0.25) is 5.91 Å². The summed E-state index contributed by atoms with van der Waals surface area (Å²) in [6.45, 7) is 3.79. The third-order valence-electron chi connectivity index (χ3n) is 4.12. The van der Waals surface area contributed by atoms with E-state index in [4.69, 9.17) is 9.26 Å². The van der Waals surface area contributed by atoms with Gasteiger partial charge in [0.1, 0.15) is 12.3 Å². The van der Waals surface area contributed by atoms with Gasteiger partial charge in [-0.05, 0) is 37.1 Å². The summed E-state index contributed by atoms with van der Waals surface area (Å²) in [4.78, 5) is 29.0. The highest BCUT2D eigenvalue weighted by molar-refractivity contribution is 5.92. The van der Waals surface area contributed by atoms with Crippen LogP contribution in [0.4, 0.5) is 5.69 Å². The number of ether oxygens (including phenoxy) is 1. The number of carbonyl (C=O) groups excluding carboxylic acids is 1. The number of benzene rings is 1. The zero-order valence-corrected chi connectivity index (χ0v) is 16.1. The van der Waals surface area contributed by atoms with Gasteiger partial charge in [0, 0.05) is 18.7 Å². The number of rotatable bonds is 7. The Morgan fingerprint density at radius 3 is 2.86 bits per heavy atom. The first-order valence-corrected chi connectivity index (χ1v) is 8.98. The second-order valence-corrected chi connectivity index (χ2v) is 6.40. The van der Waals surface area contributed by atoms with Crippen LogP contribution >= 0.6 is 0 Å². The summed E-state index contributed by atoms with van der Waals surface area (Å²) in [6, 6.07) is 8.45. The Balaban J connectivity index is 1.79. The molecule has 8 nitrogen and oxygen atoms in total. The zero-order chi connectivity index (χ0) is 20.1. The number of hydrogen-bond donors (Lipinski definition) is 1. The summed E-state index contributed by atoms with van der Waals surface area (Å²) in [5.74, 6) is 1.13. The highest BCUT2D eigenvalue weighted by Crippen LogP contribution is 2.25. The Bertz CT molecular complexity index is 1040. The summed E-state index contributed by atoms with van der Waals surface area (Å²) in [5, 5.41) is 6.69. The van der Waals surface area contributed by atoms with Gasteiger partial charge in [-0.2, -0.15) is 4.98 Å². The van der Waals surface area contributed by atoms with E-state index in [1.165, 1.54) is 17.7 Å². The summed E-state index contributed by atoms with van der Waals surface area (Å²) in [7, 11) is 1.53. The van der Waals surface area contributed by atoms with Gasteiger partial charge in [0.05, 0.1) is 18.4 Å². The van der Waals surface area contributed by atoms with E-state index in [1.807, 2.05) is 26.0 Å². The molecule has 3 rings (SSSR count). The molecule has 1 aromatic carbocycles. The Morgan fingerprint density at radius 1 is 1.29 bits per heavy atom. The van der Waals surface area contributed by atoms with Crippen LogP contribution in [-0.4, -0.2) is 27.7 Å². The Morgan fingerprint density at radius 2 is 2.11 bits per heavy atom. The van der Waals surface area contributed by atoms with Crippen LogP contribution in [0.1, 0.15) is 24.7 Å². The lowest BCUT2D eigenvalue weighted by Crippen LogP contribution is -2.27. The van der Waals surface area contributed by atoms with Crippen LogP contribution in [0.3, 0.4) is 0 Å². The van der Waals surface area contributed by atoms with Crippen molar-refractivity contribution in [2.75, 3.05) is 12.4 Å². The first-order chi connectivity index (χ1) is 13.5. The van der Waals surface area contributed by atoms with Crippen molar-refractivity contribution in [2.24, 2.45) is 0 Å². The van der Waals surface area contributed by atoms with Crippen LogP contribution in [0.15, 0.2) is 45.8 Å². The number of aryl methyl sites for hydroxylation is 2. The number of anilines is 1. The second kappa shape index (κ2) is 8.51. The van der Waals surface area contributed by atoms with Crippen LogP contribution in [0.25, 0.3) is 11.5 Å². The fourth-order valence-electron chi connectivity index (χ4n) is 2.74. The van der Waals surface area contributed by atoms with Crippen molar-refractivity contribution in [3.8, 4) is 17.2 Å². The van der Waals surface area contributed by atoms with E-state index in [0.29, 0.717) is 35.1 Å². The predicted octanol–water partition coefficient (Wildman–Crippen LogP) is 2.81. The molecular weight excluding hydrogens is 360 g/mol. The minimum Gasteiger partial charge on any atom is -0.495 e. The molecule has 1 amide bonds. The van der Waals surface area contributed by atoms with Crippen molar-refractivity contribution in [1.82, 2.24) is 14.7 Å². The number of amides is 1. The van der Waals surface area contributed by atoms with Crippen LogP contribution in [0, 0.1) is 6.92 Å². The van der Waals surface area contributed by atoms with Gasteiger partial charge >= 0.3 is 0 Å². The quantitative estimate of drug-likeness (QED) is 0.675. The van der Waals surface area contributed by atoms with Crippen LogP contribution in [0.5, 0.6) is 5.75 Å². The molecular formula is C20H22N4O4. The minimum atomic E-state index is -0.347. The van der Waals surface area contributed by atoms with E-state index >= 15 is 0 Å². The molecule has 2 heterocycles. The van der Waals surface area contributed by atoms with E-state index < -0.39 is 0 Å². The van der Waals surface area contributed by atoms with Crippen molar-refractivity contribution in [1.29, 1.82) is 0 Å². The first kappa shape index (κ1) is 19.3. The minimum absolute atomic E-state index is 0.153. The maximum absolute atomic E-state index is 12.5. The molecule has 0 aliphatic heterocycles. The van der Waals surface area contributed by atoms with E-state index in [1.54, 1.807) is 18.3 Å². The number of carbonyl (C=O) groups is 1. The topological polar surface area (TPSA) is 99.2 Å². The number of hydrogen-bond acceptors (Lipinski definition) is 6. The molecule has 0 aliphatic rings. The molecule has 0 atom stereocenters. The Kier molecular flexibility index (Phi) is 5.88. The first-order valence-electron chi connectivity index (χ1n) is 8.98. The summed E-state index contributed by atoms with van der Waals surface area (Å²) in [6.07, 6.45) is 3.16. The molecule has 0 saturated heterocycles. The molecule has 28 heavy (non-hydrogen) atoms. The number of pyridine rings is 1. The molecule has 0 unspecified atom stereocenters. The number of methoxy groups -OCH3 is 1. The molecule has 1 N–H and O–H groups in total. The molecule has 0 spiro atoms. The van der Waals surface area contributed by atoms with Gasteiger partial charge in [-0.25, -0.2) is 0 Å². The van der Waals surface area contributed by atoms with Crippen molar-refractivity contribution in [2.45, 2.75) is 33.2 Å². The van der Waals surface area contributed by atoms with Crippen LogP contribution < -0.4 is 15.6 Å². The lowest BCUT2D eigenvalue weighted by Gasteiger charge is -2.12. The van der Waals surface area contributed by atoms with Gasteiger partial charge in [0.15, 0.2) is 5.82 Å². The lowest BCUT2D eigenvalue weighted by molar-refractivity contribution is -0.116. The molecule has 0 aliphatic carbocycles. The summed E-state index contributed by atoms with van der Waals surface area (Å²) in [5.41, 5.74) is 1.81. The Hall–Kier alpha value is -3.42. The molecule has 2 aromatic heterocycles. The van der Waals surface area contributed by atoms with E-state index in [-0.39, 0.29) is 18.0 Å². The third-order valence-corrected chi connectivity index (χ3v) is 4.12. The Labute approximate surface area is 162 Å². The average molecular weight is 382 g/mol. The van der Waals surface area contributed by atoms with Crippen molar-refractivity contribution >= 4 is 11.6 Å². The smallest absolute Gasteiger partial charge is 0.259 e. The zero-order valence-electron chi connectivity index (χ0n) is 16.1. The largest absolute Gasteiger partial charge is 0.495 e. The summed E-state index contributed by atoms with van der Waals surface area (Å²) >= 11 is 0.